The van der Waals surface area contributed by atoms with E-state index in [0.717, 1.165) is 41.7 Å². The van der Waals surface area contributed by atoms with Crippen molar-refractivity contribution in [1.82, 2.24) is 14.3 Å². The van der Waals surface area contributed by atoms with Crippen molar-refractivity contribution in [2.45, 2.75) is 52.5 Å². The van der Waals surface area contributed by atoms with Crippen molar-refractivity contribution < 1.29 is 19.4 Å². The Balaban J connectivity index is 1.55. The van der Waals surface area contributed by atoms with E-state index in [9.17, 15) is 14.7 Å². The molecule has 1 fully saturated rings. The zero-order chi connectivity index (χ0) is 28.2. The minimum atomic E-state index is -0.747. The van der Waals surface area contributed by atoms with E-state index in [1.807, 2.05) is 91.2 Å². The Bertz CT molecular complexity index is 1550. The lowest BCUT2D eigenvalue weighted by atomic mass is 9.96. The number of ether oxygens (including phenoxy) is 1. The number of aliphatic hydroxyl groups excluding tert-OH is 1. The van der Waals surface area contributed by atoms with Crippen LogP contribution >= 0.6 is 0 Å². The van der Waals surface area contributed by atoms with Gasteiger partial charge in [0.15, 0.2) is 5.76 Å². The van der Waals surface area contributed by atoms with Gasteiger partial charge < -0.3 is 19.1 Å². The Morgan fingerprint density at radius 3 is 2.42 bits per heavy atom. The number of benzene rings is 2. The lowest BCUT2D eigenvalue weighted by Gasteiger charge is -2.25. The Labute approximate surface area is 234 Å². The number of imidazole rings is 1. The highest BCUT2D eigenvalue weighted by Crippen LogP contribution is 2.40. The molecule has 2 aromatic carbocycles. The van der Waals surface area contributed by atoms with Crippen molar-refractivity contribution in [2.75, 3.05) is 13.2 Å². The summed E-state index contributed by atoms with van der Waals surface area (Å²) in [6.07, 6.45) is 5.66. The number of fused-ring (bicyclic) bond motifs is 1. The Hall–Kier alpha value is -4.39. The maximum absolute atomic E-state index is 13.5. The number of carbonyl (C=O) groups excluding carboxylic acids is 2. The Morgan fingerprint density at radius 2 is 1.73 bits per heavy atom. The Kier molecular flexibility index (Phi) is 8.01. The molecule has 1 atom stereocenters. The minimum Gasteiger partial charge on any atom is -0.505 e. The lowest BCUT2D eigenvalue weighted by molar-refractivity contribution is -0.139. The van der Waals surface area contributed by atoms with Gasteiger partial charge in [-0.2, -0.15) is 0 Å². The zero-order valence-corrected chi connectivity index (χ0v) is 23.3. The third kappa shape index (κ3) is 5.24. The number of pyridine rings is 1. The van der Waals surface area contributed by atoms with Gasteiger partial charge in [0.25, 0.3) is 11.7 Å². The first-order chi connectivity index (χ1) is 19.4. The number of carbonyl (C=O) groups is 2. The maximum atomic E-state index is 13.5. The van der Waals surface area contributed by atoms with Crippen LogP contribution in [0.2, 0.25) is 0 Å². The highest BCUT2D eigenvalue weighted by atomic mass is 16.5. The van der Waals surface area contributed by atoms with Gasteiger partial charge in [-0.05, 0) is 61.6 Å². The van der Waals surface area contributed by atoms with E-state index in [0.29, 0.717) is 36.6 Å². The van der Waals surface area contributed by atoms with Gasteiger partial charge in [-0.3, -0.25) is 9.59 Å². The number of hydrogen-bond donors (Lipinski definition) is 1. The third-order valence-electron chi connectivity index (χ3n) is 7.54. The molecular formula is C33H35N3O4. The number of unbranched alkanes of at least 4 members (excludes halogenated alkanes) is 2. The van der Waals surface area contributed by atoms with E-state index in [1.54, 1.807) is 4.90 Å². The van der Waals surface area contributed by atoms with Crippen molar-refractivity contribution >= 4 is 23.1 Å². The van der Waals surface area contributed by atoms with Crippen LogP contribution in [0.5, 0.6) is 5.75 Å². The molecule has 3 heterocycles. The zero-order valence-electron chi connectivity index (χ0n) is 23.3. The first-order valence-electron chi connectivity index (χ1n) is 13.9. The molecule has 0 bridgehead atoms. The summed E-state index contributed by atoms with van der Waals surface area (Å²) in [5.41, 5.74) is 4.48. The topological polar surface area (TPSA) is 84.1 Å². The molecule has 1 aliphatic rings. The number of aliphatic hydroxyl groups is 1. The smallest absolute Gasteiger partial charge is 0.295 e. The maximum Gasteiger partial charge on any atom is 0.295 e. The molecule has 0 radical (unpaired) electrons. The monoisotopic (exact) mass is 537 g/mol. The number of hydrogen-bond acceptors (Lipinski definition) is 5. The number of ketones is 1. The minimum absolute atomic E-state index is 0.0545. The quantitative estimate of drug-likeness (QED) is 0.113. The summed E-state index contributed by atoms with van der Waals surface area (Å²) in [6.45, 7) is 6.90. The number of aryl methyl sites for hydroxylation is 2. The second-order valence-electron chi connectivity index (χ2n) is 10.3. The van der Waals surface area contributed by atoms with Crippen LogP contribution in [0.1, 0.15) is 60.3 Å². The van der Waals surface area contributed by atoms with Gasteiger partial charge in [0.05, 0.1) is 23.9 Å². The first kappa shape index (κ1) is 27.2. The van der Waals surface area contributed by atoms with Gasteiger partial charge in [0.1, 0.15) is 17.1 Å². The van der Waals surface area contributed by atoms with Gasteiger partial charge in [-0.15, -0.1) is 0 Å². The van der Waals surface area contributed by atoms with Crippen LogP contribution in [0, 0.1) is 13.8 Å². The van der Waals surface area contributed by atoms with Crippen molar-refractivity contribution in [3.8, 4) is 5.75 Å². The number of rotatable bonds is 10. The van der Waals surface area contributed by atoms with Gasteiger partial charge in [0.2, 0.25) is 0 Å². The van der Waals surface area contributed by atoms with Gasteiger partial charge in [-0.1, -0.05) is 68.3 Å². The molecule has 0 aliphatic carbocycles. The van der Waals surface area contributed by atoms with E-state index in [1.165, 1.54) is 0 Å². The molecule has 4 aromatic rings. The molecule has 1 saturated heterocycles. The molecule has 5 rings (SSSR count). The first-order valence-corrected chi connectivity index (χ1v) is 13.9. The fraction of sp³-hybridized carbons (Fsp3) is 0.303. The number of likely N-dealkylation sites (tertiary alicyclic amines) is 1. The molecular weight excluding hydrogens is 502 g/mol. The summed E-state index contributed by atoms with van der Waals surface area (Å²) in [6, 6.07) is 20.4. The second-order valence-corrected chi connectivity index (χ2v) is 10.3. The van der Waals surface area contributed by atoms with Crippen molar-refractivity contribution in [3.63, 3.8) is 0 Å². The number of amides is 1. The van der Waals surface area contributed by atoms with Crippen molar-refractivity contribution in [2.24, 2.45) is 0 Å². The van der Waals surface area contributed by atoms with Crippen LogP contribution in [0.25, 0.3) is 11.4 Å². The molecule has 0 spiro atoms. The third-order valence-corrected chi connectivity index (χ3v) is 7.54. The average molecular weight is 538 g/mol. The molecule has 1 amide bonds. The Morgan fingerprint density at radius 1 is 0.975 bits per heavy atom. The van der Waals surface area contributed by atoms with E-state index >= 15 is 0 Å². The number of nitrogens with zero attached hydrogens (tertiary/aromatic N) is 3. The van der Waals surface area contributed by atoms with Gasteiger partial charge in [-0.25, -0.2) is 4.98 Å². The number of aromatic nitrogens is 2. The molecule has 2 aromatic heterocycles. The molecule has 7 nitrogen and oxygen atoms in total. The second kappa shape index (κ2) is 11.8. The van der Waals surface area contributed by atoms with E-state index in [-0.39, 0.29) is 11.3 Å². The van der Waals surface area contributed by atoms with E-state index < -0.39 is 17.7 Å². The van der Waals surface area contributed by atoms with Gasteiger partial charge >= 0.3 is 0 Å². The van der Waals surface area contributed by atoms with Crippen LogP contribution in [-0.2, 0) is 16.0 Å². The SMILES string of the molecule is CCCCCOc1ccc(C2/C(=C(\O)c3nc4c(C)cccn4c3C)C(=O)C(=O)N2CCc2ccccc2)cc1. The molecule has 40 heavy (non-hydrogen) atoms. The van der Waals surface area contributed by atoms with Crippen molar-refractivity contribution in [3.05, 3.63) is 107 Å². The summed E-state index contributed by atoms with van der Waals surface area (Å²) in [5, 5.41) is 11.6. The summed E-state index contributed by atoms with van der Waals surface area (Å²) >= 11 is 0. The van der Waals surface area contributed by atoms with Crippen LogP contribution in [0.4, 0.5) is 0 Å². The standard InChI is InChI=1S/C33H35N3O4/c1-4-5-9-21-40-26-16-14-25(15-17-26)29-27(30(37)28-23(3)35-19-10-11-22(2)32(35)34-28)31(38)33(39)36(29)20-18-24-12-7-6-8-13-24/h6-8,10-17,19,29,37H,4-5,9,18,20-21H2,1-3H3/b30-27+. The number of Topliss-reactive ketones (excluding diaryl/α,β-unsaturated/α-hetero) is 1. The fourth-order valence-corrected chi connectivity index (χ4v) is 5.31. The lowest BCUT2D eigenvalue weighted by Crippen LogP contribution is -2.31. The highest BCUT2D eigenvalue weighted by molar-refractivity contribution is 6.46. The molecule has 1 unspecified atom stereocenters. The molecule has 206 valence electrons. The molecule has 1 aliphatic heterocycles. The average Bonchev–Trinajstić information content (AvgIpc) is 3.44. The molecule has 1 N–H and O–H groups in total. The highest BCUT2D eigenvalue weighted by Gasteiger charge is 2.46. The van der Waals surface area contributed by atoms with Crippen LogP contribution < -0.4 is 4.74 Å². The summed E-state index contributed by atoms with van der Waals surface area (Å²) < 4.78 is 7.77. The van der Waals surface area contributed by atoms with Crippen molar-refractivity contribution in [1.29, 1.82) is 0 Å². The van der Waals surface area contributed by atoms with E-state index in [2.05, 4.69) is 11.9 Å². The van der Waals surface area contributed by atoms with Crippen LogP contribution in [0.3, 0.4) is 0 Å². The predicted octanol–water partition coefficient (Wildman–Crippen LogP) is 6.18. The molecule has 7 heteroatoms. The summed E-state index contributed by atoms with van der Waals surface area (Å²) in [5.74, 6) is -0.859. The normalized spacial score (nSPS) is 16.7. The van der Waals surface area contributed by atoms with Crippen LogP contribution in [0.15, 0.2) is 78.5 Å². The molecule has 0 saturated carbocycles. The van der Waals surface area contributed by atoms with Gasteiger partial charge in [0, 0.05) is 12.7 Å². The van der Waals surface area contributed by atoms with Crippen LogP contribution in [-0.4, -0.2) is 44.2 Å². The predicted molar refractivity (Wildman–Crippen MR) is 155 cm³/mol. The largest absolute Gasteiger partial charge is 0.505 e. The summed E-state index contributed by atoms with van der Waals surface area (Å²) in [7, 11) is 0. The fourth-order valence-electron chi connectivity index (χ4n) is 5.31. The van der Waals surface area contributed by atoms with E-state index in [4.69, 9.17) is 4.74 Å². The summed E-state index contributed by atoms with van der Waals surface area (Å²) in [4.78, 5) is 33.2.